The van der Waals surface area contributed by atoms with Crippen molar-refractivity contribution in [3.8, 4) is 0 Å². The second kappa shape index (κ2) is 7.74. The molecule has 1 aromatic heterocycles. The van der Waals surface area contributed by atoms with Gasteiger partial charge in [-0.25, -0.2) is 14.8 Å². The van der Waals surface area contributed by atoms with Crippen LogP contribution in [0.3, 0.4) is 0 Å². The van der Waals surface area contributed by atoms with E-state index in [0.29, 0.717) is 12.2 Å². The van der Waals surface area contributed by atoms with Crippen molar-refractivity contribution in [2.75, 3.05) is 26.7 Å². The summed E-state index contributed by atoms with van der Waals surface area (Å²) in [5.74, 6) is 0.410. The zero-order valence-corrected chi connectivity index (χ0v) is 14.9. The SMILES string of the molecule is CCOC(=O)c1cnc(CC2(c3ccccc3)CCN(C)CC2)nc1. The van der Waals surface area contributed by atoms with Crippen LogP contribution in [0.15, 0.2) is 42.7 Å². The van der Waals surface area contributed by atoms with Crippen molar-refractivity contribution in [1.82, 2.24) is 14.9 Å². The third-order valence-electron chi connectivity index (χ3n) is 5.04. The van der Waals surface area contributed by atoms with Crippen LogP contribution in [-0.4, -0.2) is 47.6 Å². The molecule has 0 spiro atoms. The molecule has 5 heteroatoms. The van der Waals surface area contributed by atoms with Crippen LogP contribution < -0.4 is 0 Å². The number of piperidine rings is 1. The van der Waals surface area contributed by atoms with Gasteiger partial charge in [-0.05, 0) is 45.5 Å². The second-order valence-corrected chi connectivity index (χ2v) is 6.73. The molecule has 3 rings (SSSR count). The predicted octanol–water partition coefficient (Wildman–Crippen LogP) is 2.86. The van der Waals surface area contributed by atoms with Crippen LogP contribution >= 0.6 is 0 Å². The number of carbonyl (C=O) groups is 1. The normalized spacial score (nSPS) is 17.2. The van der Waals surface area contributed by atoms with Gasteiger partial charge in [0, 0.05) is 24.2 Å². The van der Waals surface area contributed by atoms with Gasteiger partial charge in [-0.2, -0.15) is 0 Å². The molecule has 132 valence electrons. The molecular weight excluding hydrogens is 314 g/mol. The van der Waals surface area contributed by atoms with Crippen LogP contribution in [-0.2, 0) is 16.6 Å². The van der Waals surface area contributed by atoms with E-state index in [9.17, 15) is 4.79 Å². The van der Waals surface area contributed by atoms with Crippen LogP contribution in [0.4, 0.5) is 0 Å². The van der Waals surface area contributed by atoms with Crippen molar-refractivity contribution >= 4 is 5.97 Å². The molecule has 1 aliphatic heterocycles. The van der Waals surface area contributed by atoms with Crippen LogP contribution in [0, 0.1) is 0 Å². The number of benzene rings is 1. The van der Waals surface area contributed by atoms with E-state index in [-0.39, 0.29) is 11.4 Å². The number of esters is 1. The van der Waals surface area contributed by atoms with Gasteiger partial charge in [0.25, 0.3) is 0 Å². The minimum atomic E-state index is -0.369. The lowest BCUT2D eigenvalue weighted by Crippen LogP contribution is -2.42. The summed E-state index contributed by atoms with van der Waals surface area (Å²) in [6.07, 6.45) is 6.10. The van der Waals surface area contributed by atoms with Gasteiger partial charge in [-0.1, -0.05) is 30.3 Å². The van der Waals surface area contributed by atoms with E-state index in [1.54, 1.807) is 19.3 Å². The van der Waals surface area contributed by atoms with E-state index in [0.717, 1.165) is 38.2 Å². The zero-order valence-electron chi connectivity index (χ0n) is 14.9. The topological polar surface area (TPSA) is 55.3 Å². The van der Waals surface area contributed by atoms with Gasteiger partial charge in [0.05, 0.1) is 12.2 Å². The third kappa shape index (κ3) is 4.04. The van der Waals surface area contributed by atoms with Crippen molar-refractivity contribution in [3.63, 3.8) is 0 Å². The van der Waals surface area contributed by atoms with E-state index >= 15 is 0 Å². The van der Waals surface area contributed by atoms with Crippen LogP contribution in [0.25, 0.3) is 0 Å². The van der Waals surface area contributed by atoms with Gasteiger partial charge < -0.3 is 9.64 Å². The van der Waals surface area contributed by atoms with E-state index < -0.39 is 0 Å². The van der Waals surface area contributed by atoms with Crippen molar-refractivity contribution in [3.05, 3.63) is 59.7 Å². The first-order valence-corrected chi connectivity index (χ1v) is 8.85. The maximum atomic E-state index is 11.8. The molecule has 2 heterocycles. The first-order valence-electron chi connectivity index (χ1n) is 8.85. The fourth-order valence-corrected chi connectivity index (χ4v) is 3.47. The number of rotatable bonds is 5. The van der Waals surface area contributed by atoms with Crippen LogP contribution in [0.5, 0.6) is 0 Å². The number of nitrogens with zero attached hydrogens (tertiary/aromatic N) is 3. The highest BCUT2D eigenvalue weighted by molar-refractivity contribution is 5.88. The number of hydrogen-bond acceptors (Lipinski definition) is 5. The molecule has 2 aromatic rings. The minimum Gasteiger partial charge on any atom is -0.462 e. The molecule has 0 bridgehead atoms. The smallest absolute Gasteiger partial charge is 0.341 e. The van der Waals surface area contributed by atoms with Gasteiger partial charge >= 0.3 is 5.97 Å². The molecule has 0 saturated carbocycles. The summed E-state index contributed by atoms with van der Waals surface area (Å²) in [6.45, 7) is 4.27. The first kappa shape index (κ1) is 17.5. The van der Waals surface area contributed by atoms with Crippen molar-refractivity contribution < 1.29 is 9.53 Å². The Morgan fingerprint density at radius 1 is 1.16 bits per heavy atom. The summed E-state index contributed by atoms with van der Waals surface area (Å²) in [5, 5.41) is 0. The summed E-state index contributed by atoms with van der Waals surface area (Å²) in [6, 6.07) is 10.7. The van der Waals surface area contributed by atoms with Crippen molar-refractivity contribution in [2.45, 2.75) is 31.6 Å². The van der Waals surface area contributed by atoms with E-state index in [1.807, 2.05) is 0 Å². The lowest BCUT2D eigenvalue weighted by atomic mass is 9.70. The van der Waals surface area contributed by atoms with Crippen LogP contribution in [0.2, 0.25) is 0 Å². The quantitative estimate of drug-likeness (QED) is 0.784. The Kier molecular flexibility index (Phi) is 5.43. The average Bonchev–Trinajstić information content (AvgIpc) is 2.65. The Labute approximate surface area is 149 Å². The molecule has 1 saturated heterocycles. The first-order chi connectivity index (χ1) is 12.1. The fourth-order valence-electron chi connectivity index (χ4n) is 3.47. The number of aromatic nitrogens is 2. The Bertz CT molecular complexity index is 693. The van der Waals surface area contributed by atoms with Gasteiger partial charge in [-0.3, -0.25) is 0 Å². The van der Waals surface area contributed by atoms with E-state index in [4.69, 9.17) is 4.74 Å². The molecule has 5 nitrogen and oxygen atoms in total. The number of carbonyl (C=O) groups excluding carboxylic acids is 1. The Morgan fingerprint density at radius 3 is 2.40 bits per heavy atom. The molecular formula is C20H25N3O2. The maximum Gasteiger partial charge on any atom is 0.341 e. The summed E-state index contributed by atoms with van der Waals surface area (Å²) >= 11 is 0. The monoisotopic (exact) mass is 339 g/mol. The summed E-state index contributed by atoms with van der Waals surface area (Å²) in [7, 11) is 2.17. The number of hydrogen-bond donors (Lipinski definition) is 0. The van der Waals surface area contributed by atoms with Gasteiger partial charge in [-0.15, -0.1) is 0 Å². The number of likely N-dealkylation sites (tertiary alicyclic amines) is 1. The zero-order chi connectivity index (χ0) is 17.7. The van der Waals surface area contributed by atoms with Gasteiger partial charge in [0.2, 0.25) is 0 Å². The second-order valence-electron chi connectivity index (χ2n) is 6.73. The molecule has 25 heavy (non-hydrogen) atoms. The summed E-state index contributed by atoms with van der Waals surface area (Å²) in [5.41, 5.74) is 1.81. The van der Waals surface area contributed by atoms with Crippen molar-refractivity contribution in [1.29, 1.82) is 0 Å². The van der Waals surface area contributed by atoms with Gasteiger partial charge in [0.15, 0.2) is 0 Å². The standard InChI is InChI=1S/C20H25N3O2/c1-3-25-19(24)16-14-21-18(22-15-16)13-20(9-11-23(2)12-10-20)17-7-5-4-6-8-17/h4-8,14-15H,3,9-13H2,1-2H3. The Balaban J connectivity index is 1.82. The largest absolute Gasteiger partial charge is 0.462 e. The predicted molar refractivity (Wildman–Crippen MR) is 96.5 cm³/mol. The molecule has 0 atom stereocenters. The highest BCUT2D eigenvalue weighted by atomic mass is 16.5. The molecule has 0 unspecified atom stereocenters. The Morgan fingerprint density at radius 2 is 1.80 bits per heavy atom. The third-order valence-corrected chi connectivity index (χ3v) is 5.04. The fraction of sp³-hybridized carbons (Fsp3) is 0.450. The summed E-state index contributed by atoms with van der Waals surface area (Å²) in [4.78, 5) is 23.0. The molecule has 1 fully saturated rings. The summed E-state index contributed by atoms with van der Waals surface area (Å²) < 4.78 is 4.99. The van der Waals surface area contributed by atoms with Crippen molar-refractivity contribution in [2.24, 2.45) is 0 Å². The Hall–Kier alpha value is -2.27. The highest BCUT2D eigenvalue weighted by Gasteiger charge is 2.36. The average molecular weight is 339 g/mol. The maximum absolute atomic E-state index is 11.8. The molecule has 1 aromatic carbocycles. The molecule has 0 amide bonds. The molecule has 0 N–H and O–H groups in total. The molecule has 1 aliphatic rings. The molecule has 0 aliphatic carbocycles. The lowest BCUT2D eigenvalue weighted by molar-refractivity contribution is 0.0525. The van der Waals surface area contributed by atoms with Gasteiger partial charge in [0.1, 0.15) is 5.82 Å². The lowest BCUT2D eigenvalue weighted by Gasteiger charge is -2.41. The minimum absolute atomic E-state index is 0.0548. The highest BCUT2D eigenvalue weighted by Crippen LogP contribution is 2.37. The molecule has 0 radical (unpaired) electrons. The van der Waals surface area contributed by atoms with Crippen LogP contribution in [0.1, 0.15) is 41.5 Å². The van der Waals surface area contributed by atoms with E-state index in [1.165, 1.54) is 5.56 Å². The van der Waals surface area contributed by atoms with E-state index in [2.05, 4.69) is 52.2 Å². The number of ether oxygens (including phenoxy) is 1.